The Morgan fingerprint density at radius 1 is 1.15 bits per heavy atom. The molecule has 1 heterocycles. The van der Waals surface area contributed by atoms with Crippen molar-refractivity contribution in [3.8, 4) is 11.5 Å². The van der Waals surface area contributed by atoms with Crippen molar-refractivity contribution in [3.05, 3.63) is 24.3 Å². The monoisotopic (exact) mass is 363 g/mol. The molecule has 1 fully saturated rings. The molecule has 26 heavy (non-hydrogen) atoms. The first-order chi connectivity index (χ1) is 12.4. The van der Waals surface area contributed by atoms with Crippen LogP contribution in [-0.2, 0) is 4.79 Å². The third-order valence-electron chi connectivity index (χ3n) is 4.90. The van der Waals surface area contributed by atoms with Crippen LogP contribution in [0.2, 0.25) is 0 Å². The van der Waals surface area contributed by atoms with E-state index < -0.39 is 0 Å². The van der Waals surface area contributed by atoms with Gasteiger partial charge in [-0.05, 0) is 53.0 Å². The van der Waals surface area contributed by atoms with Crippen LogP contribution in [0.15, 0.2) is 24.3 Å². The summed E-state index contributed by atoms with van der Waals surface area (Å²) in [5, 5.41) is 0. The first-order valence-corrected chi connectivity index (χ1v) is 9.36. The Hall–Kier alpha value is -1.79. The quantitative estimate of drug-likeness (QED) is 0.706. The second-order valence-corrected chi connectivity index (χ2v) is 7.33. The molecule has 0 bridgehead atoms. The number of benzene rings is 1. The Morgan fingerprint density at radius 3 is 2.35 bits per heavy atom. The van der Waals surface area contributed by atoms with Crippen molar-refractivity contribution in [2.45, 2.75) is 32.4 Å². The number of hydrogen-bond acceptors (Lipinski definition) is 5. The van der Waals surface area contributed by atoms with E-state index in [1.807, 2.05) is 29.2 Å². The van der Waals surface area contributed by atoms with Gasteiger partial charge in [-0.25, -0.2) is 0 Å². The molecule has 2 atom stereocenters. The third kappa shape index (κ3) is 5.61. The van der Waals surface area contributed by atoms with Crippen LogP contribution in [0, 0.1) is 0 Å². The fraction of sp³-hybridized carbons (Fsp3) is 0.650. The molecule has 1 amide bonds. The maximum atomic E-state index is 12.6. The number of nitrogens with zero attached hydrogens (tertiary/aromatic N) is 3. The Bertz CT molecular complexity index is 567. The van der Waals surface area contributed by atoms with Crippen molar-refractivity contribution in [2.75, 3.05) is 54.0 Å². The summed E-state index contributed by atoms with van der Waals surface area (Å²) in [6.07, 6.45) is 1.15. The number of hydrogen-bond donors (Lipinski definition) is 0. The second kappa shape index (κ2) is 9.78. The maximum Gasteiger partial charge on any atom is 0.260 e. The van der Waals surface area contributed by atoms with Crippen molar-refractivity contribution in [1.82, 2.24) is 14.7 Å². The Labute approximate surface area is 157 Å². The molecule has 146 valence electrons. The molecule has 0 radical (unpaired) electrons. The number of rotatable bonds is 8. The molecule has 2 rings (SSSR count). The van der Waals surface area contributed by atoms with Crippen molar-refractivity contribution in [3.63, 3.8) is 0 Å². The number of piperazine rings is 1. The van der Waals surface area contributed by atoms with E-state index in [9.17, 15) is 4.79 Å². The van der Waals surface area contributed by atoms with Crippen LogP contribution >= 0.6 is 0 Å². The van der Waals surface area contributed by atoms with E-state index in [0.29, 0.717) is 23.6 Å². The summed E-state index contributed by atoms with van der Waals surface area (Å²) in [6.45, 7) is 8.10. The average Bonchev–Trinajstić information content (AvgIpc) is 2.61. The fourth-order valence-electron chi connectivity index (χ4n) is 3.54. The van der Waals surface area contributed by atoms with Crippen LogP contribution in [0.25, 0.3) is 0 Å². The molecule has 0 aromatic heterocycles. The minimum Gasteiger partial charge on any atom is -0.493 e. The predicted molar refractivity (Wildman–Crippen MR) is 104 cm³/mol. The highest BCUT2D eigenvalue weighted by molar-refractivity contribution is 5.78. The SMILES string of the molecule is COc1ccccc1OCC(=O)N1CC(C)N(CCCN(C)C)C(C)C1. The number of para-hydroxylation sites is 2. The van der Waals surface area contributed by atoms with E-state index in [-0.39, 0.29) is 12.5 Å². The molecule has 0 saturated carbocycles. The van der Waals surface area contributed by atoms with Crippen LogP contribution in [0.3, 0.4) is 0 Å². The Morgan fingerprint density at radius 2 is 1.77 bits per heavy atom. The molecule has 2 unspecified atom stereocenters. The summed E-state index contributed by atoms with van der Waals surface area (Å²) in [4.78, 5) is 19.3. The van der Waals surface area contributed by atoms with Gasteiger partial charge in [-0.15, -0.1) is 0 Å². The number of methoxy groups -OCH3 is 1. The summed E-state index contributed by atoms with van der Waals surface area (Å²) in [5.74, 6) is 1.28. The van der Waals surface area contributed by atoms with Crippen molar-refractivity contribution >= 4 is 5.91 Å². The van der Waals surface area contributed by atoms with Gasteiger partial charge in [0.1, 0.15) is 0 Å². The van der Waals surface area contributed by atoms with Crippen molar-refractivity contribution in [2.24, 2.45) is 0 Å². The van der Waals surface area contributed by atoms with Crippen LogP contribution in [0.4, 0.5) is 0 Å². The molecule has 1 aromatic carbocycles. The van der Waals surface area contributed by atoms with Gasteiger partial charge < -0.3 is 19.3 Å². The van der Waals surface area contributed by atoms with Crippen LogP contribution in [-0.4, -0.2) is 86.7 Å². The zero-order valence-corrected chi connectivity index (χ0v) is 16.8. The maximum absolute atomic E-state index is 12.6. The summed E-state index contributed by atoms with van der Waals surface area (Å²) in [6, 6.07) is 8.12. The lowest BCUT2D eigenvalue weighted by atomic mass is 10.1. The van der Waals surface area contributed by atoms with Crippen LogP contribution in [0.1, 0.15) is 20.3 Å². The molecule has 0 spiro atoms. The molecular weight excluding hydrogens is 330 g/mol. The summed E-state index contributed by atoms with van der Waals surface area (Å²) in [7, 11) is 5.80. The number of carbonyl (C=O) groups excluding carboxylic acids is 1. The summed E-state index contributed by atoms with van der Waals surface area (Å²) >= 11 is 0. The molecule has 1 saturated heterocycles. The van der Waals surface area contributed by atoms with Gasteiger partial charge in [0.15, 0.2) is 18.1 Å². The van der Waals surface area contributed by atoms with Crippen molar-refractivity contribution < 1.29 is 14.3 Å². The molecular formula is C20H33N3O3. The molecule has 1 aliphatic rings. The molecule has 0 N–H and O–H groups in total. The van der Waals surface area contributed by atoms with Gasteiger partial charge in [0.05, 0.1) is 7.11 Å². The van der Waals surface area contributed by atoms with Gasteiger partial charge in [0.25, 0.3) is 5.91 Å². The topological polar surface area (TPSA) is 45.3 Å². The highest BCUT2D eigenvalue weighted by atomic mass is 16.5. The number of carbonyl (C=O) groups is 1. The normalized spacial score (nSPS) is 21.1. The number of amides is 1. The largest absolute Gasteiger partial charge is 0.493 e. The van der Waals surface area contributed by atoms with Gasteiger partial charge in [-0.2, -0.15) is 0 Å². The summed E-state index contributed by atoms with van der Waals surface area (Å²) in [5.41, 5.74) is 0. The minimum atomic E-state index is 0.0301. The second-order valence-electron chi connectivity index (χ2n) is 7.33. The van der Waals surface area contributed by atoms with E-state index in [4.69, 9.17) is 9.47 Å². The first-order valence-electron chi connectivity index (χ1n) is 9.36. The molecule has 1 aromatic rings. The van der Waals surface area contributed by atoms with E-state index >= 15 is 0 Å². The van der Waals surface area contributed by atoms with Gasteiger partial charge >= 0.3 is 0 Å². The van der Waals surface area contributed by atoms with Gasteiger partial charge in [-0.3, -0.25) is 9.69 Å². The predicted octanol–water partition coefficient (Wildman–Crippen LogP) is 1.95. The number of ether oxygens (including phenoxy) is 2. The molecule has 0 aliphatic carbocycles. The Kier molecular flexibility index (Phi) is 7.72. The van der Waals surface area contributed by atoms with E-state index in [1.165, 1.54) is 0 Å². The summed E-state index contributed by atoms with van der Waals surface area (Å²) < 4.78 is 11.0. The van der Waals surface area contributed by atoms with Gasteiger partial charge in [0, 0.05) is 31.7 Å². The average molecular weight is 364 g/mol. The standard InChI is InChI=1S/C20H33N3O3/c1-16-13-22(14-17(2)23(16)12-8-11-21(3)4)20(24)15-26-19-10-7-6-9-18(19)25-5/h6-7,9-10,16-17H,8,11-15H2,1-5H3. The fourth-order valence-corrected chi connectivity index (χ4v) is 3.54. The van der Waals surface area contributed by atoms with E-state index in [0.717, 1.165) is 32.6 Å². The van der Waals surface area contributed by atoms with Gasteiger partial charge in [-0.1, -0.05) is 12.1 Å². The third-order valence-corrected chi connectivity index (χ3v) is 4.90. The molecule has 1 aliphatic heterocycles. The first kappa shape index (κ1) is 20.5. The minimum absolute atomic E-state index is 0.0301. The molecule has 6 heteroatoms. The van der Waals surface area contributed by atoms with Gasteiger partial charge in [0.2, 0.25) is 0 Å². The highest BCUT2D eigenvalue weighted by Gasteiger charge is 2.31. The highest BCUT2D eigenvalue weighted by Crippen LogP contribution is 2.26. The smallest absolute Gasteiger partial charge is 0.260 e. The van der Waals surface area contributed by atoms with E-state index in [1.54, 1.807) is 7.11 Å². The Balaban J connectivity index is 1.85. The van der Waals surface area contributed by atoms with Crippen LogP contribution < -0.4 is 9.47 Å². The molecule has 6 nitrogen and oxygen atoms in total. The lowest BCUT2D eigenvalue weighted by Crippen LogP contribution is -2.58. The van der Waals surface area contributed by atoms with Crippen LogP contribution in [0.5, 0.6) is 11.5 Å². The van der Waals surface area contributed by atoms with Crippen molar-refractivity contribution in [1.29, 1.82) is 0 Å². The lowest BCUT2D eigenvalue weighted by molar-refractivity contribution is -0.137. The zero-order chi connectivity index (χ0) is 19.1. The zero-order valence-electron chi connectivity index (χ0n) is 16.8. The van der Waals surface area contributed by atoms with E-state index in [2.05, 4.69) is 37.7 Å². The lowest BCUT2D eigenvalue weighted by Gasteiger charge is -2.44.